The lowest BCUT2D eigenvalue weighted by Crippen LogP contribution is -2.34. The maximum absolute atomic E-state index is 12.5. The highest BCUT2D eigenvalue weighted by Gasteiger charge is 2.26. The van der Waals surface area contributed by atoms with Crippen LogP contribution >= 0.6 is 23.6 Å². The van der Waals surface area contributed by atoms with Crippen LogP contribution < -0.4 is 25.8 Å². The van der Waals surface area contributed by atoms with Gasteiger partial charge < -0.3 is 20.5 Å². The van der Waals surface area contributed by atoms with E-state index in [1.54, 1.807) is 18.2 Å². The van der Waals surface area contributed by atoms with E-state index in [-0.39, 0.29) is 5.11 Å². The molecule has 1 aromatic carbocycles. The number of rotatable bonds is 5. The predicted molar refractivity (Wildman–Crippen MR) is 108 cm³/mol. The Morgan fingerprint density at radius 2 is 2.00 bits per heavy atom. The molecule has 7 nitrogen and oxygen atoms in total. The molecule has 0 fully saturated rings. The number of thiocarbonyl (C=S) groups is 1. The molecule has 27 heavy (non-hydrogen) atoms. The third-order valence-corrected chi connectivity index (χ3v) is 5.69. The van der Waals surface area contributed by atoms with Crippen molar-refractivity contribution in [2.45, 2.75) is 19.3 Å². The molecule has 3 rings (SSSR count). The van der Waals surface area contributed by atoms with E-state index in [2.05, 4.69) is 10.6 Å². The quantitative estimate of drug-likeness (QED) is 0.661. The third-order valence-electron chi connectivity index (χ3n) is 4.28. The highest BCUT2D eigenvalue weighted by Crippen LogP contribution is 2.38. The molecule has 0 radical (unpaired) electrons. The predicted octanol–water partition coefficient (Wildman–Crippen LogP) is 2.48. The van der Waals surface area contributed by atoms with E-state index in [0.717, 1.165) is 29.7 Å². The number of hydrogen-bond acceptors (Lipinski definition) is 6. The minimum Gasteiger partial charge on any atom is -0.497 e. The number of methoxy groups -OCH3 is 2. The number of anilines is 1. The van der Waals surface area contributed by atoms with E-state index in [1.165, 1.54) is 25.6 Å². The van der Waals surface area contributed by atoms with Crippen molar-refractivity contribution < 1.29 is 19.1 Å². The molecule has 1 aliphatic rings. The van der Waals surface area contributed by atoms with Crippen LogP contribution in [-0.4, -0.2) is 31.1 Å². The molecule has 0 atom stereocenters. The smallest absolute Gasteiger partial charge is 0.261 e. The Morgan fingerprint density at radius 1 is 1.22 bits per heavy atom. The summed E-state index contributed by atoms with van der Waals surface area (Å²) in [7, 11) is 3.00. The fraction of sp³-hybridized carbons (Fsp3) is 0.278. The summed E-state index contributed by atoms with van der Waals surface area (Å²) in [5, 5.41) is 6.19. The minimum atomic E-state index is -0.497. The lowest BCUT2D eigenvalue weighted by molar-refractivity contribution is 0.0972. The number of primary amides is 1. The number of nitrogens with two attached hydrogens (primary N) is 1. The van der Waals surface area contributed by atoms with Crippen molar-refractivity contribution in [3.63, 3.8) is 0 Å². The maximum Gasteiger partial charge on any atom is 0.261 e. The molecule has 0 spiro atoms. The minimum absolute atomic E-state index is 0.0836. The fourth-order valence-corrected chi connectivity index (χ4v) is 4.60. The molecule has 0 unspecified atom stereocenters. The zero-order valence-electron chi connectivity index (χ0n) is 14.9. The second-order valence-electron chi connectivity index (χ2n) is 5.90. The van der Waals surface area contributed by atoms with Gasteiger partial charge in [0.15, 0.2) is 5.11 Å². The SMILES string of the molecule is COc1ccc(C(=O)NC(=S)Nc2sc3c(c2C(N)=O)CCC3)c(OC)c1. The van der Waals surface area contributed by atoms with Gasteiger partial charge in [-0.05, 0) is 49.2 Å². The van der Waals surface area contributed by atoms with Crippen molar-refractivity contribution in [3.05, 3.63) is 39.8 Å². The summed E-state index contributed by atoms with van der Waals surface area (Å²) >= 11 is 6.69. The van der Waals surface area contributed by atoms with E-state index in [4.69, 9.17) is 27.4 Å². The van der Waals surface area contributed by atoms with Crippen LogP contribution in [0.15, 0.2) is 18.2 Å². The summed E-state index contributed by atoms with van der Waals surface area (Å²) in [6, 6.07) is 4.85. The number of hydrogen-bond donors (Lipinski definition) is 3. The van der Waals surface area contributed by atoms with E-state index in [9.17, 15) is 9.59 Å². The average molecular weight is 406 g/mol. The molecule has 4 N–H and O–H groups in total. The van der Waals surface area contributed by atoms with Gasteiger partial charge in [0, 0.05) is 10.9 Å². The van der Waals surface area contributed by atoms with Gasteiger partial charge in [-0.25, -0.2) is 0 Å². The van der Waals surface area contributed by atoms with Gasteiger partial charge in [-0.2, -0.15) is 0 Å². The summed E-state index contributed by atoms with van der Waals surface area (Å²) in [6.07, 6.45) is 2.76. The van der Waals surface area contributed by atoms with Crippen LogP contribution in [0.25, 0.3) is 0 Å². The third kappa shape index (κ3) is 3.88. The first-order valence-electron chi connectivity index (χ1n) is 8.23. The number of aryl methyl sites for hydroxylation is 1. The van der Waals surface area contributed by atoms with Crippen molar-refractivity contribution >= 4 is 45.5 Å². The van der Waals surface area contributed by atoms with Gasteiger partial charge in [0.05, 0.1) is 25.3 Å². The zero-order valence-corrected chi connectivity index (χ0v) is 16.5. The Labute approximate surface area is 165 Å². The number of carbonyl (C=O) groups excluding carboxylic acids is 2. The van der Waals surface area contributed by atoms with Crippen molar-refractivity contribution in [1.82, 2.24) is 5.32 Å². The summed E-state index contributed by atoms with van der Waals surface area (Å²) in [4.78, 5) is 25.5. The van der Waals surface area contributed by atoms with Crippen molar-refractivity contribution in [1.29, 1.82) is 0 Å². The first kappa shape index (κ1) is 19.1. The number of fused-ring (bicyclic) bond motifs is 1. The van der Waals surface area contributed by atoms with Gasteiger partial charge in [0.25, 0.3) is 11.8 Å². The van der Waals surface area contributed by atoms with E-state index < -0.39 is 11.8 Å². The van der Waals surface area contributed by atoms with Crippen LogP contribution in [0.4, 0.5) is 5.00 Å². The monoisotopic (exact) mass is 405 g/mol. The van der Waals surface area contributed by atoms with Crippen LogP contribution in [0.3, 0.4) is 0 Å². The van der Waals surface area contributed by atoms with E-state index >= 15 is 0 Å². The summed E-state index contributed by atoms with van der Waals surface area (Å²) in [5.41, 5.74) is 7.30. The molecule has 0 bridgehead atoms. The number of carbonyl (C=O) groups is 2. The Balaban J connectivity index is 1.75. The summed E-state index contributed by atoms with van der Waals surface area (Å²) < 4.78 is 10.4. The number of amides is 2. The maximum atomic E-state index is 12.5. The molecule has 2 aromatic rings. The van der Waals surface area contributed by atoms with Crippen molar-refractivity contribution in [2.75, 3.05) is 19.5 Å². The van der Waals surface area contributed by atoms with Gasteiger partial charge >= 0.3 is 0 Å². The molecule has 0 saturated carbocycles. The van der Waals surface area contributed by atoms with E-state index in [0.29, 0.717) is 27.6 Å². The highest BCUT2D eigenvalue weighted by molar-refractivity contribution is 7.80. The fourth-order valence-electron chi connectivity index (χ4n) is 3.04. The molecular weight excluding hydrogens is 386 g/mol. The van der Waals surface area contributed by atoms with Crippen LogP contribution in [0.1, 0.15) is 37.6 Å². The summed E-state index contributed by atoms with van der Waals surface area (Å²) in [6.45, 7) is 0. The Morgan fingerprint density at radius 3 is 2.67 bits per heavy atom. The topological polar surface area (TPSA) is 103 Å². The summed E-state index contributed by atoms with van der Waals surface area (Å²) in [5.74, 6) is 0.00505. The average Bonchev–Trinajstić information content (AvgIpc) is 3.21. The van der Waals surface area contributed by atoms with Crippen molar-refractivity contribution in [3.8, 4) is 11.5 Å². The standard InChI is InChI=1S/C18H19N3O4S2/c1-24-9-6-7-10(12(8-9)25-2)16(23)20-18(26)21-17-14(15(19)22)11-4-3-5-13(11)27-17/h6-8H,3-5H2,1-2H3,(H2,19,22)(H2,20,21,23,26). The molecule has 9 heteroatoms. The lowest BCUT2D eigenvalue weighted by atomic mass is 10.1. The first-order valence-corrected chi connectivity index (χ1v) is 9.45. The largest absolute Gasteiger partial charge is 0.497 e. The van der Waals surface area contributed by atoms with Gasteiger partial charge in [-0.15, -0.1) is 11.3 Å². The van der Waals surface area contributed by atoms with Crippen LogP contribution in [-0.2, 0) is 12.8 Å². The van der Waals surface area contributed by atoms with Crippen LogP contribution in [0.5, 0.6) is 11.5 Å². The van der Waals surface area contributed by atoms with Gasteiger partial charge in [0.2, 0.25) is 0 Å². The molecule has 1 aromatic heterocycles. The molecule has 1 heterocycles. The molecule has 1 aliphatic carbocycles. The molecular formula is C18H19N3O4S2. The second-order valence-corrected chi connectivity index (χ2v) is 7.41. The van der Waals surface area contributed by atoms with Gasteiger partial charge in [-0.3, -0.25) is 14.9 Å². The molecule has 2 amide bonds. The Kier molecular flexibility index (Phi) is 5.62. The Bertz CT molecular complexity index is 924. The molecule has 0 aliphatic heterocycles. The highest BCUT2D eigenvalue weighted by atomic mass is 32.1. The van der Waals surface area contributed by atoms with E-state index in [1.807, 2.05) is 0 Å². The zero-order chi connectivity index (χ0) is 19.6. The lowest BCUT2D eigenvalue weighted by Gasteiger charge is -2.12. The van der Waals surface area contributed by atoms with Crippen LogP contribution in [0.2, 0.25) is 0 Å². The van der Waals surface area contributed by atoms with Crippen molar-refractivity contribution in [2.24, 2.45) is 5.73 Å². The van der Waals surface area contributed by atoms with Crippen LogP contribution in [0, 0.1) is 0 Å². The second kappa shape index (κ2) is 7.93. The van der Waals surface area contributed by atoms with Gasteiger partial charge in [-0.1, -0.05) is 0 Å². The first-order chi connectivity index (χ1) is 12.9. The number of nitrogens with one attached hydrogen (secondary N) is 2. The van der Waals surface area contributed by atoms with Gasteiger partial charge in [0.1, 0.15) is 16.5 Å². The normalized spacial score (nSPS) is 12.2. The number of ether oxygens (including phenoxy) is 2. The Hall–Kier alpha value is -2.65. The number of thiophene rings is 1. The number of benzene rings is 1. The molecule has 0 saturated heterocycles. The molecule has 142 valence electrons.